The van der Waals surface area contributed by atoms with Gasteiger partial charge in [0.15, 0.2) is 0 Å². The van der Waals surface area contributed by atoms with Crippen molar-refractivity contribution >= 4 is 24.3 Å². The Bertz CT molecular complexity index is 414. The topological polar surface area (TPSA) is 49.7 Å². The second kappa shape index (κ2) is 7.96. The van der Waals surface area contributed by atoms with Crippen LogP contribution in [-0.4, -0.2) is 34.8 Å². The highest BCUT2D eigenvalue weighted by molar-refractivity contribution is 7.99. The first-order valence-electron chi connectivity index (χ1n) is 7.35. The molecule has 0 spiro atoms. The highest BCUT2D eigenvalue weighted by Crippen LogP contribution is 2.31. The molecule has 3 nitrogen and oxygen atoms in total. The first-order chi connectivity index (χ1) is 9.65. The summed E-state index contributed by atoms with van der Waals surface area (Å²) in [6.07, 6.45) is 5.40. The molecule has 1 aliphatic carbocycles. The van der Waals surface area contributed by atoms with Gasteiger partial charge in [0.25, 0.3) is 0 Å². The van der Waals surface area contributed by atoms with E-state index in [0.29, 0.717) is 17.8 Å². The average molecular weight is 294 g/mol. The van der Waals surface area contributed by atoms with Gasteiger partial charge in [0.05, 0.1) is 6.61 Å². The molecule has 1 aliphatic rings. The van der Waals surface area contributed by atoms with Gasteiger partial charge in [-0.2, -0.15) is 11.8 Å². The Morgan fingerprint density at radius 1 is 1.35 bits per heavy atom. The molecule has 2 N–H and O–H groups in total. The zero-order valence-corrected chi connectivity index (χ0v) is 12.8. The lowest BCUT2D eigenvalue weighted by molar-refractivity contribution is 0.342. The fourth-order valence-corrected chi connectivity index (χ4v) is 3.98. The molecule has 1 fully saturated rings. The Kier molecular flexibility index (Phi) is 6.26. The Labute approximate surface area is 125 Å². The van der Waals surface area contributed by atoms with Crippen molar-refractivity contribution < 1.29 is 14.8 Å². The van der Waals surface area contributed by atoms with Crippen molar-refractivity contribution in [3.8, 4) is 5.75 Å². The van der Waals surface area contributed by atoms with E-state index in [4.69, 9.17) is 14.8 Å². The number of benzene rings is 1. The molecule has 5 heteroatoms. The van der Waals surface area contributed by atoms with E-state index >= 15 is 0 Å². The molecule has 2 rings (SSSR count). The molecule has 0 heterocycles. The summed E-state index contributed by atoms with van der Waals surface area (Å²) in [5.74, 6) is 2.56. The van der Waals surface area contributed by atoms with Crippen LogP contribution in [0.2, 0.25) is 0 Å². The van der Waals surface area contributed by atoms with Crippen LogP contribution in [0, 0.1) is 5.92 Å². The normalized spacial score (nSPS) is 22.6. The molecule has 1 aromatic rings. The van der Waals surface area contributed by atoms with Gasteiger partial charge < -0.3 is 14.8 Å². The van der Waals surface area contributed by atoms with Crippen LogP contribution in [0.4, 0.5) is 0 Å². The van der Waals surface area contributed by atoms with Gasteiger partial charge in [-0.15, -0.1) is 0 Å². The van der Waals surface area contributed by atoms with E-state index in [9.17, 15) is 0 Å². The van der Waals surface area contributed by atoms with Crippen LogP contribution in [0.3, 0.4) is 0 Å². The van der Waals surface area contributed by atoms with Crippen LogP contribution < -0.4 is 10.2 Å². The Balaban J connectivity index is 1.69. The van der Waals surface area contributed by atoms with Crippen LogP contribution in [-0.2, 0) is 0 Å². The van der Waals surface area contributed by atoms with Gasteiger partial charge in [-0.05, 0) is 36.4 Å². The maximum Gasteiger partial charge on any atom is 0.488 e. The molecule has 0 radical (unpaired) electrons. The van der Waals surface area contributed by atoms with Crippen LogP contribution >= 0.6 is 11.8 Å². The van der Waals surface area contributed by atoms with E-state index < -0.39 is 7.12 Å². The summed E-state index contributed by atoms with van der Waals surface area (Å²) in [6, 6.07) is 6.98. The third-order valence-corrected chi connectivity index (χ3v) is 5.05. The zero-order chi connectivity index (χ0) is 14.4. The summed E-state index contributed by atoms with van der Waals surface area (Å²) in [6.45, 7) is 3.01. The highest BCUT2D eigenvalue weighted by atomic mass is 32.2. The fraction of sp³-hybridized carbons (Fsp3) is 0.600. The number of rotatable bonds is 6. The molecule has 1 aromatic carbocycles. The molecule has 1 saturated carbocycles. The van der Waals surface area contributed by atoms with Crippen molar-refractivity contribution in [2.45, 2.75) is 37.9 Å². The van der Waals surface area contributed by atoms with E-state index in [0.717, 1.165) is 16.9 Å². The summed E-state index contributed by atoms with van der Waals surface area (Å²) in [4.78, 5) is 0. The van der Waals surface area contributed by atoms with E-state index in [2.05, 4.69) is 6.92 Å². The summed E-state index contributed by atoms with van der Waals surface area (Å²) < 4.78 is 5.67. The van der Waals surface area contributed by atoms with Crippen molar-refractivity contribution in [1.82, 2.24) is 0 Å². The molecule has 0 aliphatic heterocycles. The number of ether oxygens (including phenoxy) is 1. The molecule has 2 atom stereocenters. The van der Waals surface area contributed by atoms with Crippen LogP contribution in [0.5, 0.6) is 5.75 Å². The van der Waals surface area contributed by atoms with Crippen molar-refractivity contribution in [3.05, 3.63) is 24.3 Å². The lowest BCUT2D eigenvalue weighted by Crippen LogP contribution is -2.29. The predicted molar refractivity (Wildman–Crippen MR) is 85.6 cm³/mol. The van der Waals surface area contributed by atoms with Crippen LogP contribution in [0.1, 0.15) is 32.6 Å². The third-order valence-electron chi connectivity index (χ3n) is 3.75. The number of thioether (sulfide) groups is 1. The van der Waals surface area contributed by atoms with E-state index in [1.165, 1.54) is 25.7 Å². The van der Waals surface area contributed by atoms with Crippen molar-refractivity contribution in [3.63, 3.8) is 0 Å². The Morgan fingerprint density at radius 2 is 2.20 bits per heavy atom. The van der Waals surface area contributed by atoms with Gasteiger partial charge in [-0.1, -0.05) is 31.9 Å². The number of hydrogen-bond donors (Lipinski definition) is 2. The Hall–Kier alpha value is -0.645. The summed E-state index contributed by atoms with van der Waals surface area (Å²) in [7, 11) is -1.43. The van der Waals surface area contributed by atoms with E-state index in [1.807, 2.05) is 17.8 Å². The molecular formula is C15H23BO3S. The van der Waals surface area contributed by atoms with Crippen LogP contribution in [0.25, 0.3) is 0 Å². The largest absolute Gasteiger partial charge is 0.493 e. The van der Waals surface area contributed by atoms with Crippen molar-refractivity contribution in [2.24, 2.45) is 5.92 Å². The molecule has 0 bridgehead atoms. The molecule has 110 valence electrons. The van der Waals surface area contributed by atoms with Gasteiger partial charge in [0.2, 0.25) is 0 Å². The molecule has 20 heavy (non-hydrogen) atoms. The summed E-state index contributed by atoms with van der Waals surface area (Å²) >= 11 is 2.01. The Morgan fingerprint density at radius 3 is 2.95 bits per heavy atom. The second-order valence-corrected chi connectivity index (χ2v) is 6.97. The third kappa shape index (κ3) is 5.04. The lowest BCUT2D eigenvalue weighted by atomic mass is 9.80. The smallest absolute Gasteiger partial charge is 0.488 e. The van der Waals surface area contributed by atoms with E-state index in [-0.39, 0.29) is 0 Å². The van der Waals surface area contributed by atoms with Gasteiger partial charge in [0.1, 0.15) is 5.75 Å². The minimum atomic E-state index is -1.43. The highest BCUT2D eigenvalue weighted by Gasteiger charge is 2.18. The molecule has 0 saturated heterocycles. The number of hydrogen-bond acceptors (Lipinski definition) is 4. The first-order valence-corrected chi connectivity index (χ1v) is 8.40. The second-order valence-electron chi connectivity index (χ2n) is 5.56. The lowest BCUT2D eigenvalue weighted by Gasteiger charge is -2.26. The first kappa shape index (κ1) is 15.7. The van der Waals surface area contributed by atoms with Gasteiger partial charge >= 0.3 is 7.12 Å². The maximum absolute atomic E-state index is 9.11. The maximum atomic E-state index is 9.11. The van der Waals surface area contributed by atoms with Gasteiger partial charge in [0, 0.05) is 11.0 Å². The quantitative estimate of drug-likeness (QED) is 0.623. The molecule has 0 aromatic heterocycles. The van der Waals surface area contributed by atoms with Crippen molar-refractivity contribution in [1.29, 1.82) is 0 Å². The van der Waals surface area contributed by atoms with E-state index in [1.54, 1.807) is 18.2 Å². The standard InChI is InChI=1S/C15H23BO3S/c1-12-4-2-7-15(10-12)20-9-8-19-14-6-3-5-13(11-14)16(17)18/h3,5-6,11-12,15,17-18H,2,4,7-10H2,1H3. The fourth-order valence-electron chi connectivity index (χ4n) is 2.67. The molecule has 2 unspecified atom stereocenters. The minimum absolute atomic E-state index is 0.469. The summed E-state index contributed by atoms with van der Waals surface area (Å²) in [5, 5.41) is 19.0. The molecular weight excluding hydrogens is 271 g/mol. The average Bonchev–Trinajstić information content (AvgIpc) is 2.44. The van der Waals surface area contributed by atoms with Gasteiger partial charge in [-0.3, -0.25) is 0 Å². The monoisotopic (exact) mass is 294 g/mol. The predicted octanol–water partition coefficient (Wildman–Crippen LogP) is 2.06. The summed E-state index contributed by atoms with van der Waals surface area (Å²) in [5.41, 5.74) is 0.469. The molecule has 0 amide bonds. The minimum Gasteiger partial charge on any atom is -0.493 e. The van der Waals surface area contributed by atoms with Crippen molar-refractivity contribution in [2.75, 3.05) is 12.4 Å². The van der Waals surface area contributed by atoms with Crippen LogP contribution in [0.15, 0.2) is 24.3 Å². The van der Waals surface area contributed by atoms with Gasteiger partial charge in [-0.25, -0.2) is 0 Å². The zero-order valence-electron chi connectivity index (χ0n) is 12.0. The SMILES string of the molecule is CC1CCCC(SCCOc2cccc(B(O)O)c2)C1.